The summed E-state index contributed by atoms with van der Waals surface area (Å²) in [4.78, 5) is 11.8. The molecule has 1 saturated heterocycles. The van der Waals surface area contributed by atoms with Gasteiger partial charge in [0.15, 0.2) is 5.16 Å². The second-order valence-electron chi connectivity index (χ2n) is 6.95. The molecule has 8 heteroatoms. The maximum absolute atomic E-state index is 14.4. The van der Waals surface area contributed by atoms with Crippen LogP contribution in [-0.2, 0) is 16.0 Å². The summed E-state index contributed by atoms with van der Waals surface area (Å²) in [6, 6.07) is 6.62. The van der Waals surface area contributed by atoms with E-state index in [1.54, 1.807) is 22.8 Å². The highest BCUT2D eigenvalue weighted by atomic mass is 32.2. The maximum atomic E-state index is 14.4. The Morgan fingerprint density at radius 2 is 2.15 bits per heavy atom. The Bertz CT molecular complexity index is 803. The van der Waals surface area contributed by atoms with Crippen molar-refractivity contribution in [2.24, 2.45) is 5.92 Å². The van der Waals surface area contributed by atoms with Gasteiger partial charge in [0, 0.05) is 31.2 Å². The van der Waals surface area contributed by atoms with Gasteiger partial charge in [0.05, 0.1) is 11.8 Å². The number of carbonyl (C=O) groups excluding carboxylic acids is 1. The highest BCUT2D eigenvalue weighted by Gasteiger charge is 2.29. The van der Waals surface area contributed by atoms with Gasteiger partial charge in [-0.1, -0.05) is 23.9 Å². The van der Waals surface area contributed by atoms with Gasteiger partial charge in [-0.05, 0) is 37.8 Å². The van der Waals surface area contributed by atoms with Gasteiger partial charge in [-0.25, -0.2) is 4.39 Å². The summed E-state index contributed by atoms with van der Waals surface area (Å²) >= 11 is 1.53. The highest BCUT2D eigenvalue weighted by Crippen LogP contribution is 2.29. The number of nitrogens with zero attached hydrogens (tertiary/aromatic N) is 3. The Labute approximate surface area is 161 Å². The van der Waals surface area contributed by atoms with E-state index >= 15 is 0 Å². The average molecular weight is 390 g/mol. The van der Waals surface area contributed by atoms with E-state index in [0.29, 0.717) is 29.6 Å². The molecule has 1 saturated carbocycles. The minimum atomic E-state index is -0.320. The van der Waals surface area contributed by atoms with E-state index in [4.69, 9.17) is 4.74 Å². The van der Waals surface area contributed by atoms with Crippen LogP contribution in [0.25, 0.3) is 5.69 Å². The maximum Gasteiger partial charge on any atom is 0.223 e. The number of carbonyl (C=O) groups is 1. The van der Waals surface area contributed by atoms with Crippen molar-refractivity contribution in [3.8, 4) is 5.69 Å². The highest BCUT2D eigenvalue weighted by molar-refractivity contribution is 7.99. The normalized spacial score (nSPS) is 19.4. The minimum Gasteiger partial charge on any atom is -0.377 e. The summed E-state index contributed by atoms with van der Waals surface area (Å²) in [7, 11) is 0. The molecular weight excluding hydrogens is 367 g/mol. The molecule has 1 N–H and O–H groups in total. The summed E-state index contributed by atoms with van der Waals surface area (Å²) in [6.45, 7) is 1.27. The number of benzene rings is 1. The molecule has 0 spiro atoms. The topological polar surface area (TPSA) is 69.0 Å². The molecule has 2 aliphatic rings. The van der Waals surface area contributed by atoms with Crippen LogP contribution in [0.5, 0.6) is 0 Å². The third-order valence-corrected chi connectivity index (χ3v) is 5.87. The van der Waals surface area contributed by atoms with Crippen LogP contribution in [0.4, 0.5) is 4.39 Å². The van der Waals surface area contributed by atoms with Gasteiger partial charge in [0.1, 0.15) is 11.6 Å². The van der Waals surface area contributed by atoms with Gasteiger partial charge in [0.2, 0.25) is 5.91 Å². The van der Waals surface area contributed by atoms with E-state index in [0.717, 1.165) is 38.0 Å². The first-order valence-electron chi connectivity index (χ1n) is 9.43. The lowest BCUT2D eigenvalue weighted by atomic mass is 10.3. The molecule has 2 aromatic rings. The number of amides is 1. The molecule has 1 aliphatic heterocycles. The van der Waals surface area contributed by atoms with Crippen molar-refractivity contribution in [2.75, 3.05) is 18.9 Å². The lowest BCUT2D eigenvalue weighted by Gasteiger charge is -2.13. The van der Waals surface area contributed by atoms with Crippen molar-refractivity contribution in [3.63, 3.8) is 0 Å². The summed E-state index contributed by atoms with van der Waals surface area (Å²) in [5.74, 6) is 1.36. The van der Waals surface area contributed by atoms with E-state index in [1.807, 2.05) is 0 Å². The van der Waals surface area contributed by atoms with Gasteiger partial charge in [-0.15, -0.1) is 10.2 Å². The monoisotopic (exact) mass is 390 g/mol. The molecule has 144 valence electrons. The van der Waals surface area contributed by atoms with Crippen LogP contribution in [0, 0.1) is 11.7 Å². The average Bonchev–Trinajstić information content (AvgIpc) is 3.25. The van der Waals surface area contributed by atoms with Crippen LogP contribution in [0.1, 0.15) is 31.5 Å². The molecule has 27 heavy (non-hydrogen) atoms. The number of para-hydroxylation sites is 1. The molecule has 1 aromatic carbocycles. The van der Waals surface area contributed by atoms with Crippen LogP contribution in [0.15, 0.2) is 29.4 Å². The van der Waals surface area contributed by atoms with Crippen molar-refractivity contribution >= 4 is 17.7 Å². The van der Waals surface area contributed by atoms with E-state index in [9.17, 15) is 9.18 Å². The summed E-state index contributed by atoms with van der Waals surface area (Å²) < 4.78 is 21.9. The third kappa shape index (κ3) is 4.50. The SMILES string of the molecule is O=C(NCCc1nnc(SC[C@@H]2CCCO2)n1-c1ccccc1F)C1CC1. The molecule has 0 bridgehead atoms. The number of rotatable bonds is 8. The van der Waals surface area contributed by atoms with Crippen molar-refractivity contribution in [1.29, 1.82) is 0 Å². The first kappa shape index (κ1) is 18.4. The first-order chi connectivity index (χ1) is 13.2. The molecule has 6 nitrogen and oxygen atoms in total. The second-order valence-corrected chi connectivity index (χ2v) is 7.93. The first-order valence-corrected chi connectivity index (χ1v) is 10.4. The number of hydrogen-bond acceptors (Lipinski definition) is 5. The molecule has 1 atom stereocenters. The zero-order valence-corrected chi connectivity index (χ0v) is 15.9. The standard InChI is InChI=1S/C19H23FN4O2S/c20-15-5-1-2-6-16(15)24-17(9-10-21-18(25)13-7-8-13)22-23-19(24)27-12-14-4-3-11-26-14/h1-2,5-6,13-14H,3-4,7-12H2,(H,21,25)/t14-/m0/s1. The molecule has 1 aromatic heterocycles. The summed E-state index contributed by atoms with van der Waals surface area (Å²) in [6.07, 6.45) is 4.78. The van der Waals surface area contributed by atoms with Crippen molar-refractivity contribution < 1.29 is 13.9 Å². The fourth-order valence-electron chi connectivity index (χ4n) is 3.16. The lowest BCUT2D eigenvalue weighted by Crippen LogP contribution is -2.27. The van der Waals surface area contributed by atoms with Gasteiger partial charge in [-0.3, -0.25) is 9.36 Å². The predicted octanol–water partition coefficient (Wildman–Crippen LogP) is 2.75. The number of aromatic nitrogens is 3. The fourth-order valence-corrected chi connectivity index (χ4v) is 4.19. The Hall–Kier alpha value is -1.93. The molecule has 4 rings (SSSR count). The van der Waals surface area contributed by atoms with Crippen LogP contribution in [0.2, 0.25) is 0 Å². The quantitative estimate of drug-likeness (QED) is 0.702. The molecule has 2 heterocycles. The number of ether oxygens (including phenoxy) is 1. The van der Waals surface area contributed by atoms with Crippen molar-refractivity contribution in [3.05, 3.63) is 35.9 Å². The molecular formula is C19H23FN4O2S. The largest absolute Gasteiger partial charge is 0.377 e. The zero-order valence-electron chi connectivity index (χ0n) is 15.1. The zero-order chi connectivity index (χ0) is 18.6. The number of thioether (sulfide) groups is 1. The Kier molecular flexibility index (Phi) is 5.73. The van der Waals surface area contributed by atoms with Crippen molar-refractivity contribution in [2.45, 2.75) is 43.4 Å². The van der Waals surface area contributed by atoms with Crippen LogP contribution in [-0.4, -0.2) is 45.7 Å². The van der Waals surface area contributed by atoms with Gasteiger partial charge in [-0.2, -0.15) is 0 Å². The molecule has 2 fully saturated rings. The van der Waals surface area contributed by atoms with E-state index < -0.39 is 0 Å². The number of hydrogen-bond donors (Lipinski definition) is 1. The molecule has 0 unspecified atom stereocenters. The lowest BCUT2D eigenvalue weighted by molar-refractivity contribution is -0.122. The van der Waals surface area contributed by atoms with Crippen molar-refractivity contribution in [1.82, 2.24) is 20.1 Å². The van der Waals surface area contributed by atoms with E-state index in [2.05, 4.69) is 15.5 Å². The summed E-state index contributed by atoms with van der Waals surface area (Å²) in [5, 5.41) is 12.1. The fraction of sp³-hybridized carbons (Fsp3) is 0.526. The smallest absolute Gasteiger partial charge is 0.223 e. The van der Waals surface area contributed by atoms with Crippen LogP contribution < -0.4 is 5.32 Å². The third-order valence-electron chi connectivity index (χ3n) is 4.81. The Morgan fingerprint density at radius 1 is 1.30 bits per heavy atom. The van der Waals surface area contributed by atoms with E-state index in [-0.39, 0.29) is 23.7 Å². The predicted molar refractivity (Wildman–Crippen MR) is 100 cm³/mol. The Morgan fingerprint density at radius 3 is 2.89 bits per heavy atom. The number of halogens is 1. The molecule has 1 aliphatic carbocycles. The molecule has 1 amide bonds. The minimum absolute atomic E-state index is 0.0972. The Balaban J connectivity index is 1.50. The van der Waals surface area contributed by atoms with Crippen LogP contribution in [0.3, 0.4) is 0 Å². The molecule has 0 radical (unpaired) electrons. The van der Waals surface area contributed by atoms with Gasteiger partial charge >= 0.3 is 0 Å². The van der Waals surface area contributed by atoms with E-state index in [1.165, 1.54) is 17.8 Å². The van der Waals surface area contributed by atoms with Gasteiger partial charge in [0.25, 0.3) is 0 Å². The van der Waals surface area contributed by atoms with Crippen LogP contribution >= 0.6 is 11.8 Å². The second kappa shape index (κ2) is 8.39. The number of nitrogens with one attached hydrogen (secondary N) is 1. The summed E-state index contributed by atoms with van der Waals surface area (Å²) in [5.41, 5.74) is 0.431. The van der Waals surface area contributed by atoms with Gasteiger partial charge < -0.3 is 10.1 Å².